The number of ether oxygens (including phenoxy) is 2. The third-order valence-electron chi connectivity index (χ3n) is 5.18. The Morgan fingerprint density at radius 1 is 1.22 bits per heavy atom. The van der Waals surface area contributed by atoms with E-state index in [-0.39, 0.29) is 17.6 Å². The van der Waals surface area contributed by atoms with Crippen LogP contribution in [0.3, 0.4) is 0 Å². The van der Waals surface area contributed by atoms with Crippen LogP contribution in [0.25, 0.3) is 0 Å². The van der Waals surface area contributed by atoms with Gasteiger partial charge in [0.15, 0.2) is 0 Å². The fourth-order valence-corrected chi connectivity index (χ4v) is 3.70. The highest BCUT2D eigenvalue weighted by Gasteiger charge is 2.50. The number of alkyl carbamates (subject to hydrolysis) is 1. The fraction of sp³-hybridized carbons (Fsp3) is 0.944. The van der Waals surface area contributed by atoms with Crippen molar-refractivity contribution in [1.29, 1.82) is 0 Å². The first-order valence-electron chi connectivity index (χ1n) is 9.00. The lowest BCUT2D eigenvalue weighted by Gasteiger charge is -2.53. The quantitative estimate of drug-likeness (QED) is 0.814. The fourth-order valence-electron chi connectivity index (χ4n) is 3.70. The van der Waals surface area contributed by atoms with Crippen LogP contribution in [0.4, 0.5) is 4.79 Å². The van der Waals surface area contributed by atoms with E-state index in [9.17, 15) is 4.79 Å². The lowest BCUT2D eigenvalue weighted by Crippen LogP contribution is -2.64. The van der Waals surface area contributed by atoms with E-state index in [2.05, 4.69) is 31.4 Å². The van der Waals surface area contributed by atoms with E-state index in [0.717, 1.165) is 32.3 Å². The van der Waals surface area contributed by atoms with E-state index in [1.54, 1.807) is 0 Å². The van der Waals surface area contributed by atoms with E-state index in [1.165, 1.54) is 0 Å². The average Bonchev–Trinajstić information content (AvgIpc) is 2.82. The molecule has 0 radical (unpaired) electrons. The summed E-state index contributed by atoms with van der Waals surface area (Å²) in [5.41, 5.74) is -0.304. The highest BCUT2D eigenvalue weighted by Crippen LogP contribution is 2.43. The zero-order valence-electron chi connectivity index (χ0n) is 15.6. The predicted molar refractivity (Wildman–Crippen MR) is 91.5 cm³/mol. The molecule has 5 nitrogen and oxygen atoms in total. The van der Waals surface area contributed by atoms with Crippen molar-refractivity contribution in [1.82, 2.24) is 10.6 Å². The minimum absolute atomic E-state index is 0.148. The number of hydrogen-bond donors (Lipinski definition) is 2. The number of nitrogens with one attached hydrogen (secondary N) is 2. The van der Waals surface area contributed by atoms with E-state index in [4.69, 9.17) is 9.47 Å². The number of amides is 1. The van der Waals surface area contributed by atoms with Crippen LogP contribution in [0, 0.1) is 5.41 Å². The van der Waals surface area contributed by atoms with Gasteiger partial charge in [-0.3, -0.25) is 0 Å². The molecule has 5 heteroatoms. The van der Waals surface area contributed by atoms with E-state index >= 15 is 0 Å². The summed E-state index contributed by atoms with van der Waals surface area (Å²) in [6.45, 7) is 13.0. The van der Waals surface area contributed by atoms with Gasteiger partial charge in [-0.15, -0.1) is 0 Å². The maximum atomic E-state index is 12.0. The molecule has 4 unspecified atom stereocenters. The molecule has 2 fully saturated rings. The van der Waals surface area contributed by atoms with E-state index in [0.29, 0.717) is 18.2 Å². The Morgan fingerprint density at radius 3 is 2.43 bits per heavy atom. The van der Waals surface area contributed by atoms with Gasteiger partial charge < -0.3 is 20.1 Å². The topological polar surface area (TPSA) is 59.6 Å². The van der Waals surface area contributed by atoms with Crippen LogP contribution in [0.2, 0.25) is 0 Å². The molecule has 0 saturated heterocycles. The Hall–Kier alpha value is -0.810. The van der Waals surface area contributed by atoms with Crippen LogP contribution in [0.15, 0.2) is 0 Å². The number of hydrogen-bond acceptors (Lipinski definition) is 4. The van der Waals surface area contributed by atoms with Crippen LogP contribution in [0.5, 0.6) is 0 Å². The van der Waals surface area contributed by atoms with Gasteiger partial charge in [0.25, 0.3) is 0 Å². The van der Waals surface area contributed by atoms with Crippen LogP contribution in [-0.2, 0) is 9.47 Å². The molecule has 0 bridgehead atoms. The van der Waals surface area contributed by atoms with Crippen molar-refractivity contribution >= 4 is 6.09 Å². The van der Waals surface area contributed by atoms with E-state index in [1.807, 2.05) is 20.8 Å². The summed E-state index contributed by atoms with van der Waals surface area (Å²) in [5, 5.41) is 6.81. The van der Waals surface area contributed by atoms with Crippen molar-refractivity contribution < 1.29 is 14.3 Å². The summed E-state index contributed by atoms with van der Waals surface area (Å²) in [7, 11) is 0. The Labute approximate surface area is 140 Å². The predicted octanol–water partition coefficient (Wildman–Crippen LogP) is 3.23. The molecular formula is C18H34N2O3. The smallest absolute Gasteiger partial charge is 0.407 e. The summed E-state index contributed by atoms with van der Waals surface area (Å²) < 4.78 is 11.2. The average molecular weight is 326 g/mol. The van der Waals surface area contributed by atoms with Gasteiger partial charge >= 0.3 is 6.09 Å². The molecule has 2 aliphatic rings. The standard InChI is InChI=1S/C18H34N2O3/c1-7-22-15-11-14(18(15,5)6)19-12-9-8-10-13(12)20-16(21)23-17(2,3)4/h12-15,19H,7-11H2,1-6H3,(H,20,21). The van der Waals surface area contributed by atoms with E-state index < -0.39 is 5.60 Å². The maximum absolute atomic E-state index is 12.0. The Morgan fingerprint density at radius 2 is 1.87 bits per heavy atom. The normalized spacial score (nSPS) is 33.1. The van der Waals surface area contributed by atoms with Crippen molar-refractivity contribution in [3.63, 3.8) is 0 Å². The molecule has 0 aromatic heterocycles. The first-order valence-corrected chi connectivity index (χ1v) is 9.00. The van der Waals surface area contributed by atoms with Gasteiger partial charge in [0.1, 0.15) is 5.60 Å². The molecule has 2 rings (SSSR count). The van der Waals surface area contributed by atoms with Gasteiger partial charge in [-0.25, -0.2) is 4.79 Å². The number of carbonyl (C=O) groups excluding carboxylic acids is 1. The minimum Gasteiger partial charge on any atom is -0.444 e. The van der Waals surface area contributed by atoms with Crippen molar-refractivity contribution in [2.75, 3.05) is 6.61 Å². The summed E-state index contributed by atoms with van der Waals surface area (Å²) >= 11 is 0. The van der Waals surface area contributed by atoms with Gasteiger partial charge in [0.05, 0.1) is 6.10 Å². The Bertz CT molecular complexity index is 417. The molecule has 0 spiro atoms. The molecule has 1 amide bonds. The molecule has 0 aromatic carbocycles. The van der Waals surface area contributed by atoms with Crippen LogP contribution in [-0.4, -0.2) is 42.5 Å². The molecule has 2 N–H and O–H groups in total. The summed E-state index contributed by atoms with van der Waals surface area (Å²) in [6.07, 6.45) is 4.34. The van der Waals surface area contributed by atoms with Crippen LogP contribution >= 0.6 is 0 Å². The Kier molecular flexibility index (Phi) is 5.62. The number of carbonyl (C=O) groups is 1. The zero-order chi connectivity index (χ0) is 17.3. The molecule has 0 aromatic rings. The second kappa shape index (κ2) is 6.98. The summed E-state index contributed by atoms with van der Waals surface area (Å²) in [5.74, 6) is 0. The zero-order valence-corrected chi connectivity index (χ0v) is 15.6. The molecule has 134 valence electrons. The molecule has 2 aliphatic carbocycles. The molecule has 23 heavy (non-hydrogen) atoms. The molecular weight excluding hydrogens is 292 g/mol. The van der Waals surface area contributed by atoms with Crippen molar-refractivity contribution in [3.05, 3.63) is 0 Å². The maximum Gasteiger partial charge on any atom is 0.407 e. The summed E-state index contributed by atoms with van der Waals surface area (Å²) in [6, 6.07) is 0.936. The molecule has 0 heterocycles. The highest BCUT2D eigenvalue weighted by molar-refractivity contribution is 5.68. The second-order valence-corrected chi connectivity index (χ2v) is 8.51. The Balaban J connectivity index is 1.84. The van der Waals surface area contributed by atoms with Gasteiger partial charge in [-0.05, 0) is 53.4 Å². The van der Waals surface area contributed by atoms with Crippen molar-refractivity contribution in [3.8, 4) is 0 Å². The van der Waals surface area contributed by atoms with Gasteiger partial charge in [-0.1, -0.05) is 13.8 Å². The first-order chi connectivity index (χ1) is 10.6. The van der Waals surface area contributed by atoms with Crippen LogP contribution < -0.4 is 10.6 Å². The minimum atomic E-state index is -0.452. The third-order valence-corrected chi connectivity index (χ3v) is 5.18. The van der Waals surface area contributed by atoms with Gasteiger partial charge in [0, 0.05) is 30.1 Å². The lowest BCUT2D eigenvalue weighted by atomic mass is 9.64. The SMILES string of the molecule is CCOC1CC(NC2CCCC2NC(=O)OC(C)(C)C)C1(C)C. The monoisotopic (exact) mass is 326 g/mol. The first kappa shape index (κ1) is 18.5. The largest absolute Gasteiger partial charge is 0.444 e. The van der Waals surface area contributed by atoms with Crippen molar-refractivity contribution in [2.45, 2.75) is 97.1 Å². The summed E-state index contributed by atoms with van der Waals surface area (Å²) in [4.78, 5) is 12.0. The van der Waals surface area contributed by atoms with Crippen molar-refractivity contribution in [2.24, 2.45) is 5.41 Å². The van der Waals surface area contributed by atoms with Gasteiger partial charge in [0.2, 0.25) is 0 Å². The molecule has 4 atom stereocenters. The third kappa shape index (κ3) is 4.60. The lowest BCUT2D eigenvalue weighted by molar-refractivity contribution is -0.116. The molecule has 2 saturated carbocycles. The van der Waals surface area contributed by atoms with Crippen LogP contribution in [0.1, 0.15) is 67.2 Å². The second-order valence-electron chi connectivity index (χ2n) is 8.51. The highest BCUT2D eigenvalue weighted by atomic mass is 16.6. The molecule has 0 aliphatic heterocycles. The van der Waals surface area contributed by atoms with Gasteiger partial charge in [-0.2, -0.15) is 0 Å². The number of rotatable bonds is 5.